The predicted octanol–water partition coefficient (Wildman–Crippen LogP) is 3.06. The quantitative estimate of drug-likeness (QED) is 0.740. The highest BCUT2D eigenvalue weighted by Gasteiger charge is 2.47. The molecular weight excluding hydrogens is 421 g/mol. The van der Waals surface area contributed by atoms with Crippen molar-refractivity contribution in [3.8, 4) is 0 Å². The number of fused-ring (bicyclic) bond motifs is 1. The van der Waals surface area contributed by atoms with Crippen molar-refractivity contribution >= 4 is 11.7 Å². The lowest BCUT2D eigenvalue weighted by molar-refractivity contribution is -0.137. The fourth-order valence-electron chi connectivity index (χ4n) is 6.03. The van der Waals surface area contributed by atoms with Gasteiger partial charge in [-0.2, -0.15) is 13.2 Å². The Labute approximate surface area is 186 Å². The van der Waals surface area contributed by atoms with E-state index in [0.29, 0.717) is 30.9 Å². The summed E-state index contributed by atoms with van der Waals surface area (Å²) in [5.74, 6) is 0. The molecule has 32 heavy (non-hydrogen) atoms. The van der Waals surface area contributed by atoms with E-state index in [1.807, 2.05) is 9.80 Å². The number of anilines is 1. The minimum atomic E-state index is -4.35. The summed E-state index contributed by atoms with van der Waals surface area (Å²) in [7, 11) is 0. The second-order valence-corrected chi connectivity index (χ2v) is 9.71. The van der Waals surface area contributed by atoms with E-state index in [9.17, 15) is 23.1 Å². The number of rotatable bonds is 3. The van der Waals surface area contributed by atoms with Gasteiger partial charge in [-0.05, 0) is 56.7 Å². The molecule has 1 saturated carbocycles. The molecular formula is C23H31F3N4O2. The second-order valence-electron chi connectivity index (χ2n) is 9.71. The Morgan fingerprint density at radius 3 is 2.44 bits per heavy atom. The number of hydrogen-bond donors (Lipinski definition) is 2. The molecule has 2 unspecified atom stereocenters. The summed E-state index contributed by atoms with van der Waals surface area (Å²) < 4.78 is 38.8. The number of likely N-dealkylation sites (tertiary alicyclic amines) is 2. The first-order chi connectivity index (χ1) is 15.3. The van der Waals surface area contributed by atoms with E-state index in [0.717, 1.165) is 57.7 Å². The SMILES string of the molecule is O=C(NC1CN(c2cccc(C(F)(F)F)c2)C1)N1CCC2C1CCN2C1CCC(O)CC1. The van der Waals surface area contributed by atoms with Crippen LogP contribution < -0.4 is 10.2 Å². The number of nitrogens with zero attached hydrogens (tertiary/aromatic N) is 3. The van der Waals surface area contributed by atoms with Gasteiger partial charge in [0.25, 0.3) is 0 Å². The molecule has 5 rings (SSSR count). The van der Waals surface area contributed by atoms with E-state index in [1.54, 1.807) is 6.07 Å². The van der Waals surface area contributed by atoms with E-state index in [2.05, 4.69) is 10.2 Å². The summed E-state index contributed by atoms with van der Waals surface area (Å²) in [5, 5.41) is 12.9. The number of aliphatic hydroxyl groups is 1. The highest BCUT2D eigenvalue weighted by molar-refractivity contribution is 5.76. The van der Waals surface area contributed by atoms with Gasteiger partial charge in [0.2, 0.25) is 0 Å². The number of aliphatic hydroxyl groups excluding tert-OH is 1. The van der Waals surface area contributed by atoms with E-state index in [1.165, 1.54) is 12.1 Å². The van der Waals surface area contributed by atoms with Gasteiger partial charge >= 0.3 is 12.2 Å². The van der Waals surface area contributed by atoms with Gasteiger partial charge in [0, 0.05) is 44.0 Å². The van der Waals surface area contributed by atoms with Gasteiger partial charge in [-0.1, -0.05) is 6.07 Å². The zero-order valence-corrected chi connectivity index (χ0v) is 18.1. The minimum absolute atomic E-state index is 0.0477. The molecule has 3 saturated heterocycles. The number of halogens is 3. The van der Waals surface area contributed by atoms with Crippen molar-refractivity contribution < 1.29 is 23.1 Å². The van der Waals surface area contributed by atoms with Crippen LogP contribution in [0.25, 0.3) is 0 Å². The summed E-state index contributed by atoms with van der Waals surface area (Å²) in [5.41, 5.74) is -0.112. The van der Waals surface area contributed by atoms with Crippen LogP contribution in [0.5, 0.6) is 0 Å². The molecule has 0 radical (unpaired) electrons. The van der Waals surface area contributed by atoms with Crippen LogP contribution in [0.4, 0.5) is 23.7 Å². The number of carbonyl (C=O) groups is 1. The largest absolute Gasteiger partial charge is 0.416 e. The molecule has 3 heterocycles. The van der Waals surface area contributed by atoms with Gasteiger partial charge in [0.15, 0.2) is 0 Å². The van der Waals surface area contributed by atoms with Crippen molar-refractivity contribution in [3.05, 3.63) is 29.8 Å². The van der Waals surface area contributed by atoms with E-state index in [-0.39, 0.29) is 24.2 Å². The molecule has 0 aromatic heterocycles. The van der Waals surface area contributed by atoms with Crippen LogP contribution in [-0.4, -0.2) is 77.4 Å². The fourth-order valence-corrected chi connectivity index (χ4v) is 6.03. The zero-order chi connectivity index (χ0) is 22.5. The highest BCUT2D eigenvalue weighted by atomic mass is 19.4. The molecule has 6 nitrogen and oxygen atoms in total. The van der Waals surface area contributed by atoms with Crippen molar-refractivity contribution in [2.75, 3.05) is 31.1 Å². The highest BCUT2D eigenvalue weighted by Crippen LogP contribution is 2.37. The predicted molar refractivity (Wildman–Crippen MR) is 114 cm³/mol. The number of hydrogen-bond acceptors (Lipinski definition) is 4. The van der Waals surface area contributed by atoms with Crippen LogP contribution in [-0.2, 0) is 6.18 Å². The molecule has 3 aliphatic heterocycles. The zero-order valence-electron chi connectivity index (χ0n) is 18.1. The summed E-state index contributed by atoms with van der Waals surface area (Å²) in [6.07, 6.45) is 1.26. The first kappa shape index (κ1) is 21.8. The number of urea groups is 1. The molecule has 1 aromatic carbocycles. The number of amides is 2. The van der Waals surface area contributed by atoms with E-state index >= 15 is 0 Å². The maximum Gasteiger partial charge on any atom is 0.416 e. The Morgan fingerprint density at radius 2 is 1.72 bits per heavy atom. The third-order valence-electron chi connectivity index (χ3n) is 7.76. The standard InChI is InChI=1S/C23H31F3N4O2/c24-23(25,26)15-2-1-3-18(12-15)28-13-16(14-28)27-22(32)30-11-9-20-21(30)8-10-29(20)17-4-6-19(31)7-5-17/h1-3,12,16-17,19-21,31H,4-11,13-14H2,(H,27,32). The average Bonchev–Trinajstić information content (AvgIpc) is 3.33. The maximum absolute atomic E-state index is 12.9. The molecule has 2 atom stereocenters. The Balaban J connectivity index is 1.12. The van der Waals surface area contributed by atoms with Crippen LogP contribution in [0.15, 0.2) is 24.3 Å². The molecule has 1 aliphatic carbocycles. The van der Waals surface area contributed by atoms with E-state index < -0.39 is 11.7 Å². The summed E-state index contributed by atoms with van der Waals surface area (Å²) in [4.78, 5) is 19.3. The van der Waals surface area contributed by atoms with Gasteiger partial charge in [-0.3, -0.25) is 4.90 Å². The smallest absolute Gasteiger partial charge is 0.393 e. The lowest BCUT2D eigenvalue weighted by Crippen LogP contribution is -2.62. The number of benzene rings is 1. The normalized spacial score (nSPS) is 31.5. The second kappa shape index (κ2) is 8.41. The lowest BCUT2D eigenvalue weighted by Gasteiger charge is -2.42. The third kappa shape index (κ3) is 4.17. The topological polar surface area (TPSA) is 59.1 Å². The van der Waals surface area contributed by atoms with E-state index in [4.69, 9.17) is 0 Å². The minimum Gasteiger partial charge on any atom is -0.393 e. The van der Waals surface area contributed by atoms with Crippen LogP contribution in [0.1, 0.15) is 44.1 Å². The van der Waals surface area contributed by atoms with Gasteiger partial charge < -0.3 is 20.2 Å². The van der Waals surface area contributed by atoms with Crippen LogP contribution in [0.2, 0.25) is 0 Å². The molecule has 9 heteroatoms. The van der Waals surface area contributed by atoms with Crippen LogP contribution in [0.3, 0.4) is 0 Å². The summed E-state index contributed by atoms with van der Waals surface area (Å²) in [6, 6.07) is 6.41. The van der Waals surface area contributed by atoms with Crippen molar-refractivity contribution in [3.63, 3.8) is 0 Å². The summed E-state index contributed by atoms with van der Waals surface area (Å²) in [6.45, 7) is 2.79. The Hall–Kier alpha value is -2.00. The number of carbonyl (C=O) groups excluding carboxylic acids is 1. The van der Waals surface area contributed by atoms with Crippen molar-refractivity contribution in [1.29, 1.82) is 0 Å². The third-order valence-corrected chi connectivity index (χ3v) is 7.76. The van der Waals surface area contributed by atoms with Crippen molar-refractivity contribution in [2.24, 2.45) is 0 Å². The molecule has 4 fully saturated rings. The molecule has 1 aromatic rings. The van der Waals surface area contributed by atoms with Gasteiger partial charge in [-0.25, -0.2) is 4.79 Å². The maximum atomic E-state index is 12.9. The van der Waals surface area contributed by atoms with Crippen LogP contribution >= 0.6 is 0 Å². The molecule has 2 amide bonds. The molecule has 4 aliphatic rings. The molecule has 0 bridgehead atoms. The Bertz CT molecular complexity index is 837. The first-order valence-corrected chi connectivity index (χ1v) is 11.7. The van der Waals surface area contributed by atoms with Gasteiger partial charge in [0.1, 0.15) is 0 Å². The Kier molecular flexibility index (Phi) is 5.73. The first-order valence-electron chi connectivity index (χ1n) is 11.7. The van der Waals surface area contributed by atoms with Crippen LogP contribution in [0, 0.1) is 0 Å². The number of nitrogens with one attached hydrogen (secondary N) is 1. The molecule has 0 spiro atoms. The average molecular weight is 453 g/mol. The van der Waals surface area contributed by atoms with Crippen molar-refractivity contribution in [2.45, 2.75) is 75.0 Å². The molecule has 176 valence electrons. The fraction of sp³-hybridized carbons (Fsp3) is 0.696. The van der Waals surface area contributed by atoms with Gasteiger partial charge in [0.05, 0.1) is 23.8 Å². The lowest BCUT2D eigenvalue weighted by atomic mass is 9.91. The molecule has 2 N–H and O–H groups in total. The monoisotopic (exact) mass is 452 g/mol. The number of alkyl halides is 3. The summed E-state index contributed by atoms with van der Waals surface area (Å²) >= 11 is 0. The van der Waals surface area contributed by atoms with Gasteiger partial charge in [-0.15, -0.1) is 0 Å². The Morgan fingerprint density at radius 1 is 1.00 bits per heavy atom. The van der Waals surface area contributed by atoms with Crippen molar-refractivity contribution in [1.82, 2.24) is 15.1 Å².